The van der Waals surface area contributed by atoms with Crippen LogP contribution in [0.3, 0.4) is 0 Å². The van der Waals surface area contributed by atoms with E-state index in [1.807, 2.05) is 0 Å². The summed E-state index contributed by atoms with van der Waals surface area (Å²) in [7, 11) is 0. The molecule has 5 nitrogen and oxygen atoms in total. The number of aliphatic hydroxyl groups excluding tert-OH is 2. The molecule has 1 aliphatic heterocycles. The molecule has 1 fully saturated rings. The van der Waals surface area contributed by atoms with Gasteiger partial charge in [-0.3, -0.25) is 0 Å². The molecule has 1 aliphatic rings. The summed E-state index contributed by atoms with van der Waals surface area (Å²) in [6.45, 7) is 1.66. The van der Waals surface area contributed by atoms with Crippen molar-refractivity contribution in [3.63, 3.8) is 0 Å². The molecule has 0 aromatic carbocycles. The molecule has 12 heavy (non-hydrogen) atoms. The lowest BCUT2D eigenvalue weighted by atomic mass is 9.94. The molecule has 0 aromatic heterocycles. The Bertz CT molecular complexity index is 181. The van der Waals surface area contributed by atoms with E-state index in [0.29, 0.717) is 0 Å². The maximum absolute atomic E-state index is 10.5. The Kier molecular flexibility index (Phi) is 2.66. The zero-order valence-corrected chi connectivity index (χ0v) is 6.67. The molecule has 70 valence electrons. The van der Waals surface area contributed by atoms with Crippen molar-refractivity contribution >= 4 is 5.97 Å². The third-order valence-corrected chi connectivity index (χ3v) is 1.99. The van der Waals surface area contributed by atoms with Crippen molar-refractivity contribution in [2.24, 2.45) is 5.92 Å². The van der Waals surface area contributed by atoms with Gasteiger partial charge in [0.05, 0.1) is 0 Å². The van der Waals surface area contributed by atoms with Crippen molar-refractivity contribution in [1.82, 2.24) is 0 Å². The van der Waals surface area contributed by atoms with Crippen molar-refractivity contribution in [3.8, 4) is 0 Å². The molecule has 1 heterocycles. The zero-order chi connectivity index (χ0) is 9.30. The number of carbonyl (C=O) groups is 1. The molecule has 0 radical (unpaired) electrons. The van der Waals surface area contributed by atoms with Crippen LogP contribution in [0.2, 0.25) is 0 Å². The van der Waals surface area contributed by atoms with Crippen molar-refractivity contribution in [3.05, 3.63) is 0 Å². The van der Waals surface area contributed by atoms with Crippen LogP contribution >= 0.6 is 0 Å². The number of hydrogen-bond donors (Lipinski definition) is 3. The second-order valence-corrected chi connectivity index (χ2v) is 3.07. The van der Waals surface area contributed by atoms with Gasteiger partial charge in [-0.15, -0.1) is 0 Å². The van der Waals surface area contributed by atoms with Crippen LogP contribution in [0, 0.1) is 5.92 Å². The third kappa shape index (κ3) is 1.74. The molecule has 0 bridgehead atoms. The van der Waals surface area contributed by atoms with Crippen LogP contribution in [0.25, 0.3) is 0 Å². The summed E-state index contributed by atoms with van der Waals surface area (Å²) in [6.07, 6.45) is -3.11. The van der Waals surface area contributed by atoms with E-state index in [1.165, 1.54) is 0 Å². The minimum absolute atomic E-state index is 0.248. The van der Waals surface area contributed by atoms with Crippen molar-refractivity contribution < 1.29 is 24.9 Å². The van der Waals surface area contributed by atoms with Gasteiger partial charge in [-0.25, -0.2) is 4.79 Å². The molecule has 3 N–H and O–H groups in total. The zero-order valence-electron chi connectivity index (χ0n) is 6.67. The largest absolute Gasteiger partial charge is 0.479 e. The van der Waals surface area contributed by atoms with Crippen molar-refractivity contribution in [2.45, 2.75) is 31.8 Å². The van der Waals surface area contributed by atoms with Crippen LogP contribution in [0.5, 0.6) is 0 Å². The Labute approximate surface area is 69.6 Å². The number of aliphatic hydroxyl groups is 2. The molecule has 0 saturated carbocycles. The monoisotopic (exact) mass is 176 g/mol. The fourth-order valence-corrected chi connectivity index (χ4v) is 1.30. The van der Waals surface area contributed by atoms with E-state index in [2.05, 4.69) is 4.74 Å². The number of carboxylic acids is 1. The number of rotatable bonds is 1. The minimum atomic E-state index is -1.37. The Morgan fingerprint density at radius 3 is 2.58 bits per heavy atom. The summed E-state index contributed by atoms with van der Waals surface area (Å²) in [4.78, 5) is 10.5. The normalized spacial score (nSPS) is 42.6. The molecule has 4 atom stereocenters. The lowest BCUT2D eigenvalue weighted by molar-refractivity contribution is -0.234. The van der Waals surface area contributed by atoms with E-state index in [9.17, 15) is 4.79 Å². The van der Waals surface area contributed by atoms with Crippen molar-refractivity contribution in [1.29, 1.82) is 0 Å². The van der Waals surface area contributed by atoms with Gasteiger partial charge in [-0.1, -0.05) is 6.92 Å². The second kappa shape index (κ2) is 3.38. The maximum Gasteiger partial charge on any atom is 0.333 e. The van der Waals surface area contributed by atoms with Gasteiger partial charge in [0.2, 0.25) is 0 Å². The summed E-state index contributed by atoms with van der Waals surface area (Å²) in [5.74, 6) is -1.38. The van der Waals surface area contributed by atoms with Crippen LogP contribution in [-0.4, -0.2) is 39.8 Å². The topological polar surface area (TPSA) is 87.0 Å². The maximum atomic E-state index is 10.5. The predicted octanol–water partition coefficient (Wildman–Crippen LogP) is -0.825. The highest BCUT2D eigenvalue weighted by Gasteiger charge is 2.37. The number of aliphatic carboxylic acids is 1. The second-order valence-electron chi connectivity index (χ2n) is 3.07. The van der Waals surface area contributed by atoms with Gasteiger partial charge in [0.25, 0.3) is 0 Å². The van der Waals surface area contributed by atoms with E-state index in [4.69, 9.17) is 15.3 Å². The Balaban J connectivity index is 2.61. The van der Waals surface area contributed by atoms with Crippen LogP contribution in [0.4, 0.5) is 0 Å². The van der Waals surface area contributed by atoms with Gasteiger partial charge in [-0.05, 0) is 12.3 Å². The summed E-state index contributed by atoms with van der Waals surface area (Å²) < 4.78 is 4.68. The van der Waals surface area contributed by atoms with Gasteiger partial charge < -0.3 is 20.1 Å². The standard InChI is InChI=1S/C7H12O5/c1-3-2-4(8)7(11)12-5(3)6(9)10/h3-5,7-8,11H,2H2,1H3,(H,9,10)/t3-,4?,5?,7+/m0/s1. The summed E-state index contributed by atoms with van der Waals surface area (Å²) in [5, 5.41) is 26.7. The van der Waals surface area contributed by atoms with E-state index in [0.717, 1.165) is 0 Å². The highest BCUT2D eigenvalue weighted by molar-refractivity contribution is 5.72. The molecule has 5 heteroatoms. The van der Waals surface area contributed by atoms with Gasteiger partial charge >= 0.3 is 5.97 Å². The molecular weight excluding hydrogens is 164 g/mol. The van der Waals surface area contributed by atoms with Crippen LogP contribution in [0.1, 0.15) is 13.3 Å². The van der Waals surface area contributed by atoms with Gasteiger partial charge in [0.15, 0.2) is 12.4 Å². The fraction of sp³-hybridized carbons (Fsp3) is 0.857. The number of hydrogen-bond acceptors (Lipinski definition) is 4. The highest BCUT2D eigenvalue weighted by Crippen LogP contribution is 2.23. The highest BCUT2D eigenvalue weighted by atomic mass is 16.6. The molecule has 0 aliphatic carbocycles. The quantitative estimate of drug-likeness (QED) is 0.485. The van der Waals surface area contributed by atoms with Crippen LogP contribution in [0.15, 0.2) is 0 Å². The average Bonchev–Trinajstić information content (AvgIpc) is 1.96. The molecule has 0 spiro atoms. The van der Waals surface area contributed by atoms with Crippen molar-refractivity contribution in [2.75, 3.05) is 0 Å². The fourth-order valence-electron chi connectivity index (χ4n) is 1.30. The minimum Gasteiger partial charge on any atom is -0.479 e. The third-order valence-electron chi connectivity index (χ3n) is 1.99. The number of carboxylic acid groups (broad SMARTS) is 1. The summed E-state index contributed by atoms with van der Waals surface area (Å²) in [5.41, 5.74) is 0. The van der Waals surface area contributed by atoms with Gasteiger partial charge in [0, 0.05) is 0 Å². The summed E-state index contributed by atoms with van der Waals surface area (Å²) in [6, 6.07) is 0. The smallest absolute Gasteiger partial charge is 0.333 e. The first kappa shape index (κ1) is 9.44. The van der Waals surface area contributed by atoms with E-state index >= 15 is 0 Å². The van der Waals surface area contributed by atoms with E-state index in [1.54, 1.807) is 6.92 Å². The Hall–Kier alpha value is -0.650. The first-order chi connectivity index (χ1) is 5.52. The van der Waals surface area contributed by atoms with E-state index < -0.39 is 24.5 Å². The molecule has 1 rings (SSSR count). The molecule has 1 saturated heterocycles. The van der Waals surface area contributed by atoms with E-state index in [-0.39, 0.29) is 12.3 Å². The molecule has 0 aromatic rings. The molecular formula is C7H12O5. The molecule has 0 amide bonds. The van der Waals surface area contributed by atoms with Crippen LogP contribution < -0.4 is 0 Å². The Morgan fingerprint density at radius 1 is 1.50 bits per heavy atom. The van der Waals surface area contributed by atoms with Crippen LogP contribution in [-0.2, 0) is 9.53 Å². The Morgan fingerprint density at radius 2 is 2.08 bits per heavy atom. The first-order valence-electron chi connectivity index (χ1n) is 3.76. The molecule has 2 unspecified atom stereocenters. The lowest BCUT2D eigenvalue weighted by Crippen LogP contribution is -2.46. The average molecular weight is 176 g/mol. The summed E-state index contributed by atoms with van der Waals surface area (Å²) >= 11 is 0. The number of ether oxygens (including phenoxy) is 1. The SMILES string of the molecule is C[C@H]1CC(O)[C@H](O)OC1C(=O)O. The predicted molar refractivity (Wildman–Crippen MR) is 38.3 cm³/mol. The van der Waals surface area contributed by atoms with Gasteiger partial charge in [0.1, 0.15) is 6.10 Å². The first-order valence-corrected chi connectivity index (χ1v) is 3.76. The van der Waals surface area contributed by atoms with Gasteiger partial charge in [-0.2, -0.15) is 0 Å². The lowest BCUT2D eigenvalue weighted by Gasteiger charge is -2.32.